The fourth-order valence-corrected chi connectivity index (χ4v) is 4.17. The van der Waals surface area contributed by atoms with Crippen LogP contribution in [0.5, 0.6) is 0 Å². The Kier molecular flexibility index (Phi) is 7.11. The largest absolute Gasteiger partial charge is 0.324 e. The highest BCUT2D eigenvalue weighted by atomic mass is 32.2. The van der Waals surface area contributed by atoms with Crippen molar-refractivity contribution in [1.29, 1.82) is 0 Å². The molecular weight excluding hydrogens is 402 g/mol. The van der Waals surface area contributed by atoms with Gasteiger partial charge in [-0.05, 0) is 42.0 Å². The lowest BCUT2D eigenvalue weighted by Gasteiger charge is -2.19. The lowest BCUT2D eigenvalue weighted by atomic mass is 10.0. The molecule has 0 aliphatic carbocycles. The van der Waals surface area contributed by atoms with Crippen LogP contribution in [0.25, 0.3) is 0 Å². The summed E-state index contributed by atoms with van der Waals surface area (Å²) < 4.78 is 0. The van der Waals surface area contributed by atoms with E-state index in [-0.39, 0.29) is 18.5 Å². The number of aromatic nitrogens is 1. The number of hydrogen-bond donors (Lipinski definition) is 2. The minimum absolute atomic E-state index is 0.0991. The number of benzene rings is 3. The quantitative estimate of drug-likeness (QED) is 0.389. The van der Waals surface area contributed by atoms with Crippen LogP contribution in [0.1, 0.15) is 17.3 Å². The predicted octanol–water partition coefficient (Wildman–Crippen LogP) is 5.55. The Bertz CT molecular complexity index is 1070. The monoisotopic (exact) mass is 425 g/mol. The number of anilines is 1. The molecule has 0 radical (unpaired) electrons. The van der Waals surface area contributed by atoms with Crippen molar-refractivity contribution in [3.05, 3.63) is 121 Å². The third-order valence-corrected chi connectivity index (χ3v) is 5.80. The molecule has 0 fully saturated rings. The van der Waals surface area contributed by atoms with Gasteiger partial charge in [-0.25, -0.2) is 0 Å². The maximum atomic E-state index is 12.8. The van der Waals surface area contributed by atoms with Crippen LogP contribution >= 0.6 is 11.8 Å². The van der Waals surface area contributed by atoms with Crippen molar-refractivity contribution in [3.8, 4) is 0 Å². The zero-order valence-electron chi connectivity index (χ0n) is 16.9. The number of rotatable bonds is 8. The van der Waals surface area contributed by atoms with Crippen LogP contribution < -0.4 is 10.6 Å². The SMILES string of the molecule is O=C(CNC(c1ccccc1)c1ccccn1)Nc1ccccc1Sc1ccccc1. The molecule has 1 heterocycles. The summed E-state index contributed by atoms with van der Waals surface area (Å²) in [6.45, 7) is 0.167. The van der Waals surface area contributed by atoms with Gasteiger partial charge in [0, 0.05) is 16.0 Å². The van der Waals surface area contributed by atoms with Crippen LogP contribution in [0.2, 0.25) is 0 Å². The van der Waals surface area contributed by atoms with Crippen molar-refractivity contribution in [2.75, 3.05) is 11.9 Å². The number of carbonyl (C=O) groups is 1. The van der Waals surface area contributed by atoms with Crippen molar-refractivity contribution in [2.45, 2.75) is 15.8 Å². The first-order valence-corrected chi connectivity index (χ1v) is 10.9. The zero-order chi connectivity index (χ0) is 21.3. The summed E-state index contributed by atoms with van der Waals surface area (Å²) in [5, 5.41) is 6.41. The summed E-state index contributed by atoms with van der Waals surface area (Å²) in [5.74, 6) is -0.0991. The molecule has 4 nitrogen and oxygen atoms in total. The molecular formula is C26H23N3OS. The summed E-state index contributed by atoms with van der Waals surface area (Å²) in [7, 11) is 0. The Morgan fingerprint density at radius 3 is 2.23 bits per heavy atom. The second-order valence-electron chi connectivity index (χ2n) is 6.94. The molecule has 1 atom stereocenters. The van der Waals surface area contributed by atoms with Gasteiger partial charge in [0.15, 0.2) is 0 Å². The van der Waals surface area contributed by atoms with E-state index in [1.54, 1.807) is 18.0 Å². The highest BCUT2D eigenvalue weighted by molar-refractivity contribution is 7.99. The number of carbonyl (C=O) groups excluding carboxylic acids is 1. The molecule has 3 aromatic carbocycles. The van der Waals surface area contributed by atoms with E-state index in [2.05, 4.69) is 27.8 Å². The third-order valence-electron chi connectivity index (χ3n) is 4.72. The van der Waals surface area contributed by atoms with Crippen LogP contribution in [-0.2, 0) is 4.79 Å². The number of pyridine rings is 1. The number of nitrogens with zero attached hydrogens (tertiary/aromatic N) is 1. The minimum Gasteiger partial charge on any atom is -0.324 e. The van der Waals surface area contributed by atoms with Gasteiger partial charge in [0.25, 0.3) is 0 Å². The molecule has 0 aliphatic heterocycles. The van der Waals surface area contributed by atoms with Gasteiger partial charge in [0.2, 0.25) is 5.91 Å². The highest BCUT2D eigenvalue weighted by Crippen LogP contribution is 2.33. The molecule has 1 unspecified atom stereocenters. The summed E-state index contributed by atoms with van der Waals surface area (Å²) in [5.41, 5.74) is 2.74. The van der Waals surface area contributed by atoms with Gasteiger partial charge in [0.05, 0.1) is 24.0 Å². The average Bonchev–Trinajstić information content (AvgIpc) is 2.83. The van der Waals surface area contributed by atoms with Crippen LogP contribution in [0.15, 0.2) is 119 Å². The van der Waals surface area contributed by atoms with Crippen LogP contribution in [0, 0.1) is 0 Å². The van der Waals surface area contributed by atoms with Crippen molar-refractivity contribution in [2.24, 2.45) is 0 Å². The number of nitrogens with one attached hydrogen (secondary N) is 2. The Labute approximate surface area is 186 Å². The first-order chi connectivity index (χ1) is 15.3. The van der Waals surface area contributed by atoms with Gasteiger partial charge in [-0.15, -0.1) is 0 Å². The van der Waals surface area contributed by atoms with Crippen molar-refractivity contribution >= 4 is 23.4 Å². The Morgan fingerprint density at radius 2 is 1.48 bits per heavy atom. The van der Waals surface area contributed by atoms with E-state index in [4.69, 9.17) is 0 Å². The van der Waals surface area contributed by atoms with Gasteiger partial charge in [-0.1, -0.05) is 78.5 Å². The highest BCUT2D eigenvalue weighted by Gasteiger charge is 2.16. The van der Waals surface area contributed by atoms with Gasteiger partial charge in [-0.2, -0.15) is 0 Å². The number of hydrogen-bond acceptors (Lipinski definition) is 4. The number of para-hydroxylation sites is 1. The summed E-state index contributed by atoms with van der Waals surface area (Å²) in [6, 6.07) is 33.7. The standard InChI is InChI=1S/C26H23N3OS/c30-25(29-22-15-7-8-17-24(22)31-21-13-5-2-6-14-21)19-28-26(20-11-3-1-4-12-20)23-16-9-10-18-27-23/h1-18,26,28H,19H2,(H,29,30). The van der Waals surface area contributed by atoms with E-state index in [0.29, 0.717) is 0 Å². The summed E-state index contributed by atoms with van der Waals surface area (Å²) in [6.07, 6.45) is 1.77. The molecule has 2 N–H and O–H groups in total. The molecule has 4 aromatic rings. The summed E-state index contributed by atoms with van der Waals surface area (Å²) in [4.78, 5) is 19.4. The Morgan fingerprint density at radius 1 is 0.806 bits per heavy atom. The molecule has 1 aromatic heterocycles. The topological polar surface area (TPSA) is 54.0 Å². The fourth-order valence-electron chi connectivity index (χ4n) is 3.25. The molecule has 0 spiro atoms. The van der Waals surface area contributed by atoms with Crippen molar-refractivity contribution < 1.29 is 4.79 Å². The smallest absolute Gasteiger partial charge is 0.238 e. The van der Waals surface area contributed by atoms with Crippen molar-refractivity contribution in [3.63, 3.8) is 0 Å². The van der Waals surface area contributed by atoms with Gasteiger partial charge >= 0.3 is 0 Å². The first-order valence-electron chi connectivity index (χ1n) is 10.1. The summed E-state index contributed by atoms with van der Waals surface area (Å²) >= 11 is 1.63. The average molecular weight is 426 g/mol. The molecule has 31 heavy (non-hydrogen) atoms. The maximum Gasteiger partial charge on any atom is 0.238 e. The molecule has 154 valence electrons. The fraction of sp³-hybridized carbons (Fsp3) is 0.0769. The van der Waals surface area contributed by atoms with Crippen molar-refractivity contribution in [1.82, 2.24) is 10.3 Å². The van der Waals surface area contributed by atoms with Gasteiger partial charge in [0.1, 0.15) is 0 Å². The molecule has 4 rings (SSSR count). The van der Waals surface area contributed by atoms with Gasteiger partial charge < -0.3 is 5.32 Å². The van der Waals surface area contributed by atoms with E-state index in [1.165, 1.54) is 0 Å². The second-order valence-corrected chi connectivity index (χ2v) is 8.05. The minimum atomic E-state index is -0.165. The van der Waals surface area contributed by atoms with Crippen LogP contribution in [0.3, 0.4) is 0 Å². The molecule has 0 saturated carbocycles. The first kappa shape index (κ1) is 20.8. The van der Waals surface area contributed by atoms with E-state index in [9.17, 15) is 4.79 Å². The number of amides is 1. The predicted molar refractivity (Wildman–Crippen MR) is 126 cm³/mol. The van der Waals surface area contributed by atoms with E-state index < -0.39 is 0 Å². The lowest BCUT2D eigenvalue weighted by Crippen LogP contribution is -2.32. The Hall–Kier alpha value is -3.41. The molecule has 0 aliphatic rings. The molecule has 1 amide bonds. The normalized spacial score (nSPS) is 11.6. The maximum absolute atomic E-state index is 12.8. The van der Waals surface area contributed by atoms with Gasteiger partial charge in [-0.3, -0.25) is 15.1 Å². The molecule has 0 saturated heterocycles. The van der Waals surface area contributed by atoms with Crippen LogP contribution in [0.4, 0.5) is 5.69 Å². The van der Waals surface area contributed by atoms with E-state index in [0.717, 1.165) is 26.7 Å². The molecule has 5 heteroatoms. The van der Waals surface area contributed by atoms with E-state index >= 15 is 0 Å². The molecule has 0 bridgehead atoms. The van der Waals surface area contributed by atoms with E-state index in [1.807, 2.05) is 91.0 Å². The zero-order valence-corrected chi connectivity index (χ0v) is 17.8. The lowest BCUT2D eigenvalue weighted by molar-refractivity contribution is -0.115. The Balaban J connectivity index is 1.45. The van der Waals surface area contributed by atoms with Crippen LogP contribution in [-0.4, -0.2) is 17.4 Å². The second kappa shape index (κ2) is 10.6. The third kappa shape index (κ3) is 5.81.